The molecule has 4 aromatic rings. The Morgan fingerprint density at radius 2 is 1.53 bits per heavy atom. The molecule has 0 amide bonds. The molecule has 0 unspecified atom stereocenters. The minimum Gasteiger partial charge on any atom is -0.497 e. The first kappa shape index (κ1) is 25.0. The third-order valence-corrected chi connectivity index (χ3v) is 5.96. The molecule has 0 radical (unpaired) electrons. The Balaban J connectivity index is 1.77. The van der Waals surface area contributed by atoms with Gasteiger partial charge in [-0.25, -0.2) is 10.1 Å². The number of rotatable bonds is 11. The fraction of sp³-hybridized carbons (Fsp3) is 0.333. The average Bonchev–Trinajstić information content (AvgIpc) is 2.89. The summed E-state index contributed by atoms with van der Waals surface area (Å²) in [6.45, 7) is 5.33. The molecule has 0 aliphatic carbocycles. The van der Waals surface area contributed by atoms with Crippen LogP contribution in [0.2, 0.25) is 0 Å². The summed E-state index contributed by atoms with van der Waals surface area (Å²) >= 11 is 0. The molecule has 0 saturated carbocycles. The summed E-state index contributed by atoms with van der Waals surface area (Å²) in [6, 6.07) is 16.0. The van der Waals surface area contributed by atoms with Gasteiger partial charge in [-0.15, -0.1) is 0 Å². The highest BCUT2D eigenvalue weighted by molar-refractivity contribution is 5.88. The van der Waals surface area contributed by atoms with E-state index in [1.54, 1.807) is 20.4 Å². The Morgan fingerprint density at radius 3 is 2.06 bits per heavy atom. The minimum atomic E-state index is -0.317. The molecule has 2 aromatic carbocycles. The van der Waals surface area contributed by atoms with Crippen LogP contribution >= 0.6 is 0 Å². The SMILES string of the molecule is CCC[C@@H](C)Nc1nc(N(Cc2ccc(OC)cc2)Cc2ccc(OC)cc2)nc2cn[nH]c(=O)c12. The van der Waals surface area contributed by atoms with Crippen molar-refractivity contribution >= 4 is 22.7 Å². The summed E-state index contributed by atoms with van der Waals surface area (Å²) < 4.78 is 10.6. The molecular weight excluding hydrogens is 456 g/mol. The molecular formula is C27H32N6O3. The molecule has 9 nitrogen and oxygen atoms in total. The van der Waals surface area contributed by atoms with Gasteiger partial charge in [-0.05, 0) is 48.7 Å². The molecule has 0 aliphatic heterocycles. The number of hydrogen-bond donors (Lipinski definition) is 2. The van der Waals surface area contributed by atoms with Gasteiger partial charge in [0.15, 0.2) is 0 Å². The highest BCUT2D eigenvalue weighted by Gasteiger charge is 2.18. The van der Waals surface area contributed by atoms with Crippen LogP contribution in [0.4, 0.5) is 11.8 Å². The van der Waals surface area contributed by atoms with Gasteiger partial charge in [0.2, 0.25) is 5.95 Å². The molecule has 0 aliphatic rings. The average molecular weight is 489 g/mol. The van der Waals surface area contributed by atoms with Gasteiger partial charge in [-0.2, -0.15) is 10.1 Å². The van der Waals surface area contributed by atoms with Crippen molar-refractivity contribution in [2.75, 3.05) is 24.4 Å². The van der Waals surface area contributed by atoms with Crippen molar-refractivity contribution < 1.29 is 9.47 Å². The zero-order chi connectivity index (χ0) is 25.5. The molecule has 1 atom stereocenters. The third kappa shape index (κ3) is 5.91. The highest BCUT2D eigenvalue weighted by atomic mass is 16.5. The van der Waals surface area contributed by atoms with Gasteiger partial charge in [0, 0.05) is 19.1 Å². The summed E-state index contributed by atoms with van der Waals surface area (Å²) in [4.78, 5) is 24.3. The van der Waals surface area contributed by atoms with E-state index in [2.05, 4.69) is 34.3 Å². The number of nitrogens with one attached hydrogen (secondary N) is 2. The predicted molar refractivity (Wildman–Crippen MR) is 142 cm³/mol. The number of benzene rings is 2. The number of fused-ring (bicyclic) bond motifs is 1. The van der Waals surface area contributed by atoms with E-state index in [1.165, 1.54) is 0 Å². The van der Waals surface area contributed by atoms with Gasteiger partial charge < -0.3 is 19.7 Å². The standard InChI is InChI=1S/C27H32N6O3/c1-5-6-18(2)29-25-24-23(15-28-32-26(24)34)30-27(31-25)33(16-19-7-11-21(35-3)12-8-19)17-20-9-13-22(36-4)14-10-20/h7-15,18H,5-6,16-17H2,1-4H3,(H,32,34)(H,29,30,31)/t18-/m1/s1. The number of hydrogen-bond acceptors (Lipinski definition) is 8. The van der Waals surface area contributed by atoms with E-state index >= 15 is 0 Å². The molecule has 0 bridgehead atoms. The maximum Gasteiger partial charge on any atom is 0.277 e. The summed E-state index contributed by atoms with van der Waals surface area (Å²) in [5.41, 5.74) is 2.32. The fourth-order valence-electron chi connectivity index (χ4n) is 4.08. The van der Waals surface area contributed by atoms with Crippen molar-refractivity contribution in [1.82, 2.24) is 20.2 Å². The molecule has 0 spiro atoms. The van der Waals surface area contributed by atoms with Crippen LogP contribution < -0.4 is 25.2 Å². The van der Waals surface area contributed by atoms with Gasteiger partial charge in [-0.1, -0.05) is 37.6 Å². The smallest absolute Gasteiger partial charge is 0.277 e. The maximum absolute atomic E-state index is 12.6. The van der Waals surface area contributed by atoms with E-state index in [0.29, 0.717) is 35.8 Å². The quantitative estimate of drug-likeness (QED) is 0.317. The number of aromatic nitrogens is 4. The second-order valence-corrected chi connectivity index (χ2v) is 8.72. The first-order valence-corrected chi connectivity index (χ1v) is 12.0. The van der Waals surface area contributed by atoms with E-state index < -0.39 is 0 Å². The monoisotopic (exact) mass is 488 g/mol. The molecule has 188 valence electrons. The first-order chi connectivity index (χ1) is 17.5. The van der Waals surface area contributed by atoms with Gasteiger partial charge in [0.05, 0.1) is 20.4 Å². The van der Waals surface area contributed by atoms with Crippen LogP contribution in [0.25, 0.3) is 10.9 Å². The Bertz CT molecular complexity index is 1290. The molecule has 0 fully saturated rings. The van der Waals surface area contributed by atoms with Gasteiger partial charge in [0.1, 0.15) is 28.2 Å². The molecule has 4 rings (SSSR count). The van der Waals surface area contributed by atoms with E-state index in [1.807, 2.05) is 48.5 Å². The fourth-order valence-corrected chi connectivity index (χ4v) is 4.08. The van der Waals surface area contributed by atoms with Crippen LogP contribution in [0.1, 0.15) is 37.8 Å². The van der Waals surface area contributed by atoms with Crippen LogP contribution in [-0.2, 0) is 13.1 Å². The summed E-state index contributed by atoms with van der Waals surface area (Å²) in [7, 11) is 3.30. The number of methoxy groups -OCH3 is 2. The van der Waals surface area contributed by atoms with E-state index in [9.17, 15) is 4.79 Å². The van der Waals surface area contributed by atoms with E-state index in [0.717, 1.165) is 35.5 Å². The molecule has 0 saturated heterocycles. The number of nitrogens with zero attached hydrogens (tertiary/aromatic N) is 4. The van der Waals surface area contributed by atoms with Crippen LogP contribution in [-0.4, -0.2) is 40.4 Å². The molecule has 2 heterocycles. The lowest BCUT2D eigenvalue weighted by atomic mass is 10.1. The summed E-state index contributed by atoms with van der Waals surface area (Å²) in [6.07, 6.45) is 3.53. The Kier molecular flexibility index (Phi) is 7.99. The van der Waals surface area contributed by atoms with E-state index in [-0.39, 0.29) is 11.6 Å². The van der Waals surface area contributed by atoms with Crippen molar-refractivity contribution in [1.29, 1.82) is 0 Å². The minimum absolute atomic E-state index is 0.144. The van der Waals surface area contributed by atoms with Gasteiger partial charge in [0.25, 0.3) is 5.56 Å². The largest absolute Gasteiger partial charge is 0.497 e. The lowest BCUT2D eigenvalue weighted by molar-refractivity contribution is 0.414. The zero-order valence-corrected chi connectivity index (χ0v) is 21.1. The van der Waals surface area contributed by atoms with E-state index in [4.69, 9.17) is 19.4 Å². The topological polar surface area (TPSA) is 105 Å². The van der Waals surface area contributed by atoms with Crippen LogP contribution in [0.3, 0.4) is 0 Å². The lowest BCUT2D eigenvalue weighted by Gasteiger charge is -2.25. The van der Waals surface area contributed by atoms with Crippen molar-refractivity contribution in [3.63, 3.8) is 0 Å². The number of H-pyrrole nitrogens is 1. The van der Waals surface area contributed by atoms with Crippen LogP contribution in [0, 0.1) is 0 Å². The summed E-state index contributed by atoms with van der Waals surface area (Å²) in [5.74, 6) is 2.61. The lowest BCUT2D eigenvalue weighted by Crippen LogP contribution is -2.26. The summed E-state index contributed by atoms with van der Waals surface area (Å²) in [5, 5.41) is 10.3. The zero-order valence-electron chi connectivity index (χ0n) is 21.1. The number of aromatic amines is 1. The Morgan fingerprint density at radius 1 is 0.944 bits per heavy atom. The molecule has 2 N–H and O–H groups in total. The Hall–Kier alpha value is -4.14. The second-order valence-electron chi connectivity index (χ2n) is 8.72. The van der Waals surface area contributed by atoms with Crippen molar-refractivity contribution in [3.05, 3.63) is 76.2 Å². The number of ether oxygens (including phenoxy) is 2. The van der Waals surface area contributed by atoms with Crippen molar-refractivity contribution in [3.8, 4) is 11.5 Å². The van der Waals surface area contributed by atoms with Crippen LogP contribution in [0.5, 0.6) is 11.5 Å². The predicted octanol–water partition coefficient (Wildman–Crippen LogP) is 4.54. The normalized spacial score (nSPS) is 11.8. The third-order valence-electron chi connectivity index (χ3n) is 5.96. The second kappa shape index (κ2) is 11.5. The maximum atomic E-state index is 12.6. The van der Waals surface area contributed by atoms with Crippen molar-refractivity contribution in [2.45, 2.75) is 45.8 Å². The molecule has 9 heteroatoms. The first-order valence-electron chi connectivity index (χ1n) is 12.0. The molecule has 36 heavy (non-hydrogen) atoms. The molecule has 2 aromatic heterocycles. The number of anilines is 2. The Labute approximate surface area is 210 Å². The van der Waals surface area contributed by atoms with Gasteiger partial charge >= 0.3 is 0 Å². The van der Waals surface area contributed by atoms with Crippen LogP contribution in [0.15, 0.2) is 59.5 Å². The van der Waals surface area contributed by atoms with Crippen molar-refractivity contribution in [2.24, 2.45) is 0 Å². The highest BCUT2D eigenvalue weighted by Crippen LogP contribution is 2.25. The van der Waals surface area contributed by atoms with Gasteiger partial charge in [-0.3, -0.25) is 4.79 Å².